The van der Waals surface area contributed by atoms with Crippen molar-refractivity contribution in [3.05, 3.63) is 74.8 Å². The van der Waals surface area contributed by atoms with Crippen molar-refractivity contribution in [2.24, 2.45) is 0 Å². The molecule has 0 unspecified atom stereocenters. The number of rotatable bonds is 3. The van der Waals surface area contributed by atoms with Gasteiger partial charge in [-0.15, -0.1) is 0 Å². The maximum atomic E-state index is 11.0. The predicted molar refractivity (Wildman–Crippen MR) is 82.5 cm³/mol. The van der Waals surface area contributed by atoms with Crippen LogP contribution in [0.1, 0.15) is 22.3 Å². The van der Waals surface area contributed by atoms with Gasteiger partial charge >= 0.3 is 0 Å². The van der Waals surface area contributed by atoms with Crippen LogP contribution in [-0.2, 0) is 0 Å². The van der Waals surface area contributed by atoms with E-state index in [1.807, 2.05) is 32.0 Å². The van der Waals surface area contributed by atoms with Crippen LogP contribution in [0.2, 0.25) is 0 Å². The van der Waals surface area contributed by atoms with Crippen LogP contribution in [0.3, 0.4) is 0 Å². The Labute approximate surface area is 123 Å². The largest absolute Gasteiger partial charge is 0.276 e. The van der Waals surface area contributed by atoms with Crippen LogP contribution >= 0.6 is 0 Å². The molecule has 2 aromatic carbocycles. The molecule has 0 saturated heterocycles. The molecule has 104 valence electrons. The van der Waals surface area contributed by atoms with Crippen molar-refractivity contribution in [2.75, 3.05) is 0 Å². The number of nitro groups is 1. The van der Waals surface area contributed by atoms with E-state index >= 15 is 0 Å². The Hall–Kier alpha value is -2.93. The quantitative estimate of drug-likeness (QED) is 0.364. The first-order valence-electron chi connectivity index (χ1n) is 6.46. The number of nitriles is 1. The van der Waals surface area contributed by atoms with Crippen LogP contribution in [0.5, 0.6) is 0 Å². The molecule has 0 radical (unpaired) electrons. The van der Waals surface area contributed by atoms with Crippen molar-refractivity contribution in [1.82, 2.24) is 0 Å². The van der Waals surface area contributed by atoms with Crippen molar-refractivity contribution < 1.29 is 4.92 Å². The summed E-state index contributed by atoms with van der Waals surface area (Å²) in [4.78, 5) is 10.6. The second kappa shape index (κ2) is 6.02. The van der Waals surface area contributed by atoms with Crippen molar-refractivity contribution in [1.29, 1.82) is 5.26 Å². The number of hydrogen-bond donors (Lipinski definition) is 0. The summed E-state index contributed by atoms with van der Waals surface area (Å²) < 4.78 is 0. The lowest BCUT2D eigenvalue weighted by molar-refractivity contribution is -0.385. The van der Waals surface area contributed by atoms with Crippen molar-refractivity contribution in [2.45, 2.75) is 13.8 Å². The number of nitro benzene ring substituents is 1. The van der Waals surface area contributed by atoms with Crippen molar-refractivity contribution >= 4 is 17.3 Å². The van der Waals surface area contributed by atoms with Gasteiger partial charge in [0.15, 0.2) is 0 Å². The summed E-state index contributed by atoms with van der Waals surface area (Å²) in [5, 5.41) is 20.4. The minimum atomic E-state index is -0.441. The van der Waals surface area contributed by atoms with Crippen LogP contribution in [0.15, 0.2) is 42.5 Å². The molecule has 21 heavy (non-hydrogen) atoms. The molecule has 0 spiro atoms. The SMILES string of the molecule is Cc1ccc(C)c(/C(C#N)=C/c2ccccc2[N+](=O)[O-])c1. The molecule has 0 N–H and O–H groups in total. The van der Waals surface area contributed by atoms with Gasteiger partial charge in [-0.1, -0.05) is 35.9 Å². The zero-order chi connectivity index (χ0) is 15.4. The fraction of sp³-hybridized carbons (Fsp3) is 0.118. The molecule has 0 aromatic heterocycles. The lowest BCUT2D eigenvalue weighted by atomic mass is 9.97. The summed E-state index contributed by atoms with van der Waals surface area (Å²) in [5.41, 5.74) is 3.66. The number of allylic oxidation sites excluding steroid dienone is 1. The average molecular weight is 278 g/mol. The number of benzene rings is 2. The normalized spacial score (nSPS) is 11.0. The number of para-hydroxylation sites is 1. The van der Waals surface area contributed by atoms with E-state index in [0.29, 0.717) is 11.1 Å². The van der Waals surface area contributed by atoms with Gasteiger partial charge in [0.2, 0.25) is 0 Å². The van der Waals surface area contributed by atoms with Crippen molar-refractivity contribution in [3.8, 4) is 6.07 Å². The van der Waals surface area contributed by atoms with E-state index in [0.717, 1.165) is 16.7 Å². The fourth-order valence-electron chi connectivity index (χ4n) is 2.13. The van der Waals surface area contributed by atoms with Gasteiger partial charge in [0.1, 0.15) is 0 Å². The highest BCUT2D eigenvalue weighted by molar-refractivity contribution is 5.92. The third-order valence-electron chi connectivity index (χ3n) is 3.24. The van der Waals surface area contributed by atoms with E-state index in [-0.39, 0.29) is 5.69 Å². The third-order valence-corrected chi connectivity index (χ3v) is 3.24. The van der Waals surface area contributed by atoms with E-state index in [2.05, 4.69) is 6.07 Å². The minimum absolute atomic E-state index is 0.00411. The van der Waals surface area contributed by atoms with Crippen LogP contribution in [0, 0.1) is 35.3 Å². The van der Waals surface area contributed by atoms with E-state index in [9.17, 15) is 15.4 Å². The molecule has 4 heteroatoms. The van der Waals surface area contributed by atoms with Crippen LogP contribution in [0.25, 0.3) is 11.6 Å². The lowest BCUT2D eigenvalue weighted by Crippen LogP contribution is -1.93. The first-order chi connectivity index (χ1) is 10.0. The molecule has 2 aromatic rings. The summed E-state index contributed by atoms with van der Waals surface area (Å²) in [5.74, 6) is 0. The number of hydrogen-bond acceptors (Lipinski definition) is 3. The molecule has 0 saturated carbocycles. The molecule has 0 heterocycles. The lowest BCUT2D eigenvalue weighted by Gasteiger charge is -2.06. The molecule has 0 amide bonds. The minimum Gasteiger partial charge on any atom is -0.258 e. The summed E-state index contributed by atoms with van der Waals surface area (Å²) in [6, 6.07) is 14.4. The van der Waals surface area contributed by atoms with Gasteiger partial charge in [-0.25, -0.2) is 0 Å². The maximum absolute atomic E-state index is 11.0. The topological polar surface area (TPSA) is 66.9 Å². The Morgan fingerprint density at radius 2 is 1.95 bits per heavy atom. The molecule has 0 atom stereocenters. The molecular weight excluding hydrogens is 264 g/mol. The molecule has 0 aliphatic carbocycles. The molecular formula is C17H14N2O2. The Morgan fingerprint density at radius 1 is 1.24 bits per heavy atom. The van der Waals surface area contributed by atoms with Crippen LogP contribution in [0.4, 0.5) is 5.69 Å². The summed E-state index contributed by atoms with van der Waals surface area (Å²) >= 11 is 0. The first kappa shape index (κ1) is 14.5. The van der Waals surface area contributed by atoms with Gasteiger partial charge < -0.3 is 0 Å². The third kappa shape index (κ3) is 3.15. The number of nitrogens with zero attached hydrogens (tertiary/aromatic N) is 2. The van der Waals surface area contributed by atoms with Crippen LogP contribution < -0.4 is 0 Å². The Bertz CT molecular complexity index is 771. The zero-order valence-corrected chi connectivity index (χ0v) is 11.8. The second-order valence-corrected chi connectivity index (χ2v) is 4.80. The highest BCUT2D eigenvalue weighted by Crippen LogP contribution is 2.26. The summed E-state index contributed by atoms with van der Waals surface area (Å²) in [6.07, 6.45) is 1.57. The van der Waals surface area contributed by atoms with Gasteiger partial charge in [0.05, 0.1) is 22.1 Å². The van der Waals surface area contributed by atoms with Gasteiger partial charge in [0, 0.05) is 6.07 Å². The molecule has 0 aliphatic heterocycles. The van der Waals surface area contributed by atoms with E-state index < -0.39 is 4.92 Å². The Morgan fingerprint density at radius 3 is 2.62 bits per heavy atom. The van der Waals surface area contributed by atoms with E-state index in [4.69, 9.17) is 0 Å². The fourth-order valence-corrected chi connectivity index (χ4v) is 2.13. The van der Waals surface area contributed by atoms with E-state index in [1.54, 1.807) is 24.3 Å². The smallest absolute Gasteiger partial charge is 0.258 e. The second-order valence-electron chi connectivity index (χ2n) is 4.80. The van der Waals surface area contributed by atoms with Crippen LogP contribution in [-0.4, -0.2) is 4.92 Å². The predicted octanol–water partition coefficient (Wildman–Crippen LogP) is 4.28. The molecule has 4 nitrogen and oxygen atoms in total. The Kier molecular flexibility index (Phi) is 4.15. The molecule has 2 rings (SSSR count). The van der Waals surface area contributed by atoms with Crippen molar-refractivity contribution in [3.63, 3.8) is 0 Å². The standard InChI is InChI=1S/C17H14N2O2/c1-12-7-8-13(2)16(9-12)15(11-18)10-14-5-3-4-6-17(14)19(20)21/h3-10H,1-2H3/b15-10+. The monoisotopic (exact) mass is 278 g/mol. The van der Waals surface area contributed by atoms with Gasteiger partial charge in [-0.3, -0.25) is 10.1 Å². The Balaban J connectivity index is 2.60. The average Bonchev–Trinajstić information content (AvgIpc) is 2.47. The van der Waals surface area contributed by atoms with Gasteiger partial charge in [-0.05, 0) is 37.1 Å². The highest BCUT2D eigenvalue weighted by atomic mass is 16.6. The highest BCUT2D eigenvalue weighted by Gasteiger charge is 2.12. The molecule has 0 bridgehead atoms. The first-order valence-corrected chi connectivity index (χ1v) is 6.46. The van der Waals surface area contributed by atoms with Gasteiger partial charge in [0.25, 0.3) is 5.69 Å². The maximum Gasteiger partial charge on any atom is 0.276 e. The summed E-state index contributed by atoms with van der Waals surface area (Å²) in [6.45, 7) is 3.86. The molecule has 0 aliphatic rings. The van der Waals surface area contributed by atoms with E-state index in [1.165, 1.54) is 6.07 Å². The number of aryl methyl sites for hydroxylation is 2. The summed E-state index contributed by atoms with van der Waals surface area (Å²) in [7, 11) is 0. The van der Waals surface area contributed by atoms with Gasteiger partial charge in [-0.2, -0.15) is 5.26 Å². The zero-order valence-electron chi connectivity index (χ0n) is 11.8. The molecule has 0 fully saturated rings.